The second-order valence-electron chi connectivity index (χ2n) is 10.5. The molecule has 1 saturated heterocycles. The van der Waals surface area contributed by atoms with Gasteiger partial charge in [-0.05, 0) is 87.5 Å². The van der Waals surface area contributed by atoms with Crippen molar-refractivity contribution in [2.24, 2.45) is 0 Å². The molecule has 6 rings (SSSR count). The molecule has 0 bridgehead atoms. The Labute approximate surface area is 206 Å². The van der Waals surface area contributed by atoms with Crippen molar-refractivity contribution < 1.29 is 4.39 Å². The smallest absolute Gasteiger partial charge is 0.229 e. The lowest BCUT2D eigenvalue weighted by molar-refractivity contribution is 0.255. The normalized spacial score (nSPS) is 19.7. The van der Waals surface area contributed by atoms with Gasteiger partial charge >= 0.3 is 0 Å². The molecule has 0 atom stereocenters. The lowest BCUT2D eigenvalue weighted by Gasteiger charge is -2.29. The van der Waals surface area contributed by atoms with Gasteiger partial charge in [-0.1, -0.05) is 42.7 Å². The largest absolute Gasteiger partial charge is 0.309 e. The van der Waals surface area contributed by atoms with E-state index in [1.54, 1.807) is 0 Å². The number of allylic oxidation sites excluding steroid dienone is 1. The van der Waals surface area contributed by atoms with Gasteiger partial charge in [0.2, 0.25) is 5.95 Å². The van der Waals surface area contributed by atoms with E-state index in [0.717, 1.165) is 31.5 Å². The fraction of sp³-hybridized carbons (Fsp3) is 0.414. The average Bonchev–Trinajstić information content (AvgIpc) is 3.47. The number of aromatic nitrogens is 3. The van der Waals surface area contributed by atoms with Crippen LogP contribution in [0.25, 0.3) is 17.3 Å². The summed E-state index contributed by atoms with van der Waals surface area (Å²) in [5.74, 6) is 1.16. The molecule has 180 valence electrons. The number of benzene rings is 1. The molecule has 2 fully saturated rings. The zero-order chi connectivity index (χ0) is 24.0. The summed E-state index contributed by atoms with van der Waals surface area (Å²) in [5.41, 5.74) is 6.53. The summed E-state index contributed by atoms with van der Waals surface area (Å²) >= 11 is 0. The number of likely N-dealkylation sites (tertiary alicyclic amines) is 1. The van der Waals surface area contributed by atoms with Crippen LogP contribution in [0.4, 0.5) is 16.2 Å². The number of nitrogens with zero attached hydrogens (tertiary/aromatic N) is 4. The van der Waals surface area contributed by atoms with Crippen molar-refractivity contribution in [1.29, 1.82) is 0 Å². The fourth-order valence-electron chi connectivity index (χ4n) is 6.28. The first-order valence-electron chi connectivity index (χ1n) is 12.8. The van der Waals surface area contributed by atoms with Gasteiger partial charge in [0.15, 0.2) is 5.82 Å². The highest BCUT2D eigenvalue weighted by Crippen LogP contribution is 2.52. The Hall–Kier alpha value is -3.12. The van der Waals surface area contributed by atoms with E-state index in [9.17, 15) is 4.39 Å². The molecule has 1 saturated carbocycles. The molecule has 5 nitrogen and oxygen atoms in total. The topological polar surface area (TPSA) is 53.9 Å². The van der Waals surface area contributed by atoms with Crippen molar-refractivity contribution >= 4 is 17.8 Å². The van der Waals surface area contributed by atoms with Crippen LogP contribution in [0, 0.1) is 5.82 Å². The summed E-state index contributed by atoms with van der Waals surface area (Å²) in [4.78, 5) is 15.7. The number of fused-ring (bicyclic) bond motifs is 2. The molecular formula is C29H32FN5. The van der Waals surface area contributed by atoms with Crippen molar-refractivity contribution in [3.63, 3.8) is 0 Å². The molecule has 1 N–H and O–H groups in total. The molecule has 3 heterocycles. The Bertz CT molecular complexity index is 1270. The fourth-order valence-corrected chi connectivity index (χ4v) is 6.28. The van der Waals surface area contributed by atoms with E-state index in [2.05, 4.69) is 63.4 Å². The molecule has 2 aromatic heterocycles. The minimum absolute atomic E-state index is 0.120. The van der Waals surface area contributed by atoms with Gasteiger partial charge < -0.3 is 10.2 Å². The summed E-state index contributed by atoms with van der Waals surface area (Å²) < 4.78 is 14.9. The van der Waals surface area contributed by atoms with Gasteiger partial charge in [-0.3, -0.25) is 0 Å². The van der Waals surface area contributed by atoms with Crippen molar-refractivity contribution in [2.45, 2.75) is 56.8 Å². The molecule has 0 unspecified atom stereocenters. The van der Waals surface area contributed by atoms with Crippen LogP contribution in [0.2, 0.25) is 0 Å². The highest BCUT2D eigenvalue weighted by Gasteiger charge is 2.41. The molecule has 0 amide bonds. The first-order valence-corrected chi connectivity index (χ1v) is 12.8. The highest BCUT2D eigenvalue weighted by atomic mass is 19.1. The number of anilines is 2. The Morgan fingerprint density at radius 1 is 1.03 bits per heavy atom. The third-order valence-electron chi connectivity index (χ3n) is 8.39. The van der Waals surface area contributed by atoms with E-state index in [1.807, 2.05) is 18.3 Å². The summed E-state index contributed by atoms with van der Waals surface area (Å²) in [6.45, 7) is 4.48. The van der Waals surface area contributed by atoms with E-state index in [1.165, 1.54) is 54.1 Å². The maximum Gasteiger partial charge on any atom is 0.229 e. The van der Waals surface area contributed by atoms with Gasteiger partial charge in [0.25, 0.3) is 0 Å². The van der Waals surface area contributed by atoms with Crippen LogP contribution in [0.15, 0.2) is 48.3 Å². The zero-order valence-corrected chi connectivity index (χ0v) is 20.5. The number of pyridine rings is 1. The van der Waals surface area contributed by atoms with Crippen LogP contribution in [0.1, 0.15) is 68.1 Å². The highest BCUT2D eigenvalue weighted by molar-refractivity contribution is 5.74. The van der Waals surface area contributed by atoms with Crippen LogP contribution >= 0.6 is 0 Å². The van der Waals surface area contributed by atoms with Gasteiger partial charge in [0.1, 0.15) is 11.5 Å². The Morgan fingerprint density at radius 2 is 1.83 bits per heavy atom. The maximum atomic E-state index is 14.9. The SMILES string of the molecule is CC1=Cc2ccc(-c3nc(Nc4ccc(C5CCN(C)CC5)cn4)ncc3F)cc2C12CCCC2. The molecule has 2 aliphatic carbocycles. The quantitative estimate of drug-likeness (QED) is 0.475. The molecule has 3 aliphatic rings. The minimum Gasteiger partial charge on any atom is -0.309 e. The van der Waals surface area contributed by atoms with Crippen LogP contribution in [0.5, 0.6) is 0 Å². The zero-order valence-electron chi connectivity index (χ0n) is 20.5. The molecule has 3 aromatic rings. The first kappa shape index (κ1) is 22.4. The second kappa shape index (κ2) is 8.83. The molecule has 1 aliphatic heterocycles. The average molecular weight is 470 g/mol. The lowest BCUT2D eigenvalue weighted by atomic mass is 9.76. The minimum atomic E-state index is -0.413. The van der Waals surface area contributed by atoms with Crippen LogP contribution in [-0.2, 0) is 5.41 Å². The van der Waals surface area contributed by atoms with Crippen LogP contribution < -0.4 is 5.32 Å². The summed E-state index contributed by atoms with van der Waals surface area (Å²) in [5, 5.41) is 3.17. The predicted molar refractivity (Wildman–Crippen MR) is 138 cm³/mol. The summed E-state index contributed by atoms with van der Waals surface area (Å²) in [7, 11) is 2.17. The number of hydrogen-bond acceptors (Lipinski definition) is 5. The number of halogens is 1. The Balaban J connectivity index is 1.24. The summed E-state index contributed by atoms with van der Waals surface area (Å²) in [6, 6.07) is 10.3. The number of piperidine rings is 1. The number of hydrogen-bond donors (Lipinski definition) is 1. The van der Waals surface area contributed by atoms with E-state index in [-0.39, 0.29) is 5.41 Å². The molecule has 6 heteroatoms. The molecule has 0 radical (unpaired) electrons. The summed E-state index contributed by atoms with van der Waals surface area (Å²) in [6.07, 6.45) is 12.6. The van der Waals surface area contributed by atoms with Gasteiger partial charge in [-0.2, -0.15) is 0 Å². The van der Waals surface area contributed by atoms with Crippen molar-refractivity contribution in [1.82, 2.24) is 19.9 Å². The lowest BCUT2D eigenvalue weighted by Crippen LogP contribution is -2.29. The molecular weight excluding hydrogens is 437 g/mol. The van der Waals surface area contributed by atoms with E-state index in [4.69, 9.17) is 0 Å². The second-order valence-corrected chi connectivity index (χ2v) is 10.5. The monoisotopic (exact) mass is 469 g/mol. The third kappa shape index (κ3) is 4.04. The third-order valence-corrected chi connectivity index (χ3v) is 8.39. The van der Waals surface area contributed by atoms with E-state index >= 15 is 0 Å². The van der Waals surface area contributed by atoms with Gasteiger partial charge in [0, 0.05) is 17.2 Å². The standard InChI is InChI=1S/C29H32FN5/c1-19-15-21-5-6-22(16-24(21)29(19)11-3-4-12-29)27-25(30)18-32-28(34-27)33-26-8-7-23(17-31-26)20-9-13-35(2)14-10-20/h5-8,15-18,20H,3-4,9-14H2,1-2H3,(H,31,32,33,34). The van der Waals surface area contributed by atoms with Crippen molar-refractivity contribution in [3.05, 3.63) is 70.8 Å². The van der Waals surface area contributed by atoms with Crippen molar-refractivity contribution in [2.75, 3.05) is 25.5 Å². The Morgan fingerprint density at radius 3 is 2.57 bits per heavy atom. The number of rotatable bonds is 4. The molecule has 1 spiro atoms. The van der Waals surface area contributed by atoms with Crippen LogP contribution in [-0.4, -0.2) is 40.0 Å². The van der Waals surface area contributed by atoms with Crippen molar-refractivity contribution in [3.8, 4) is 11.3 Å². The molecule has 1 aromatic carbocycles. The van der Waals surface area contributed by atoms with Gasteiger partial charge in [0.05, 0.1) is 6.20 Å². The molecule has 35 heavy (non-hydrogen) atoms. The first-order chi connectivity index (χ1) is 17.0. The van der Waals surface area contributed by atoms with E-state index in [0.29, 0.717) is 23.4 Å². The van der Waals surface area contributed by atoms with Gasteiger partial charge in [-0.25, -0.2) is 19.3 Å². The number of nitrogens with one attached hydrogen (secondary N) is 1. The van der Waals surface area contributed by atoms with Gasteiger partial charge in [-0.15, -0.1) is 0 Å². The predicted octanol–water partition coefficient (Wildman–Crippen LogP) is 6.46. The van der Waals surface area contributed by atoms with Crippen LogP contribution in [0.3, 0.4) is 0 Å². The maximum absolute atomic E-state index is 14.9. The Kier molecular flexibility index (Phi) is 5.64. The van der Waals surface area contributed by atoms with E-state index < -0.39 is 5.82 Å².